The highest BCUT2D eigenvalue weighted by atomic mass is 32.2. The Hall–Kier alpha value is -1.98. The van der Waals surface area contributed by atoms with Crippen molar-refractivity contribution in [2.24, 2.45) is 0 Å². The first kappa shape index (κ1) is 20.3. The highest BCUT2D eigenvalue weighted by Crippen LogP contribution is 2.31. The zero-order valence-corrected chi connectivity index (χ0v) is 18.0. The first-order chi connectivity index (χ1) is 14.2. The molecule has 0 aromatic heterocycles. The van der Waals surface area contributed by atoms with Crippen LogP contribution in [0.25, 0.3) is 0 Å². The van der Waals surface area contributed by atoms with Crippen molar-refractivity contribution in [1.29, 1.82) is 0 Å². The van der Waals surface area contributed by atoms with Gasteiger partial charge in [0.15, 0.2) is 0 Å². The minimum Gasteiger partial charge on any atom is -0.496 e. The van der Waals surface area contributed by atoms with E-state index in [0.717, 1.165) is 24.4 Å². The van der Waals surface area contributed by atoms with Gasteiger partial charge in [0.2, 0.25) is 5.91 Å². The summed E-state index contributed by atoms with van der Waals surface area (Å²) < 4.78 is 5.59. The normalized spacial score (nSPS) is 17.1. The number of likely N-dealkylation sites (tertiary alicyclic amines) is 1. The van der Waals surface area contributed by atoms with Crippen LogP contribution in [0.5, 0.6) is 5.75 Å². The van der Waals surface area contributed by atoms with Gasteiger partial charge in [-0.05, 0) is 74.5 Å². The molecule has 0 radical (unpaired) electrons. The first-order valence-corrected chi connectivity index (χ1v) is 11.6. The number of methoxy groups -OCH3 is 1. The summed E-state index contributed by atoms with van der Waals surface area (Å²) in [5.41, 5.74) is 4.09. The maximum absolute atomic E-state index is 12.6. The molecular formula is C24H30N2O2S. The SMILES string of the molecule is COc1ccccc1C(CNC(=O)CSc1ccc2c(c1)CCC2)N1CCCC1. The van der Waals surface area contributed by atoms with Gasteiger partial charge in [-0.2, -0.15) is 0 Å². The van der Waals surface area contributed by atoms with Gasteiger partial charge in [-0.3, -0.25) is 9.69 Å². The highest BCUT2D eigenvalue weighted by molar-refractivity contribution is 8.00. The second-order valence-corrected chi connectivity index (χ2v) is 8.93. The molecule has 4 nitrogen and oxygen atoms in total. The molecule has 0 saturated carbocycles. The van der Waals surface area contributed by atoms with Crippen LogP contribution in [0.15, 0.2) is 47.4 Å². The van der Waals surface area contributed by atoms with Crippen LogP contribution >= 0.6 is 11.8 Å². The van der Waals surface area contributed by atoms with E-state index >= 15 is 0 Å². The van der Waals surface area contributed by atoms with Crippen molar-refractivity contribution in [3.05, 3.63) is 59.2 Å². The van der Waals surface area contributed by atoms with Gasteiger partial charge < -0.3 is 10.1 Å². The molecule has 1 heterocycles. The molecule has 2 aromatic carbocycles. The molecule has 1 N–H and O–H groups in total. The largest absolute Gasteiger partial charge is 0.496 e. The minimum atomic E-state index is 0.0922. The Balaban J connectivity index is 1.36. The van der Waals surface area contributed by atoms with Gasteiger partial charge in [0.25, 0.3) is 0 Å². The second-order valence-electron chi connectivity index (χ2n) is 7.88. The Bertz CT molecular complexity index is 849. The molecule has 1 aliphatic carbocycles. The summed E-state index contributed by atoms with van der Waals surface area (Å²) in [7, 11) is 1.71. The van der Waals surface area contributed by atoms with Crippen LogP contribution in [-0.4, -0.2) is 43.3 Å². The number of aryl methyl sites for hydroxylation is 2. The number of thioether (sulfide) groups is 1. The number of para-hydroxylation sites is 1. The van der Waals surface area contributed by atoms with Crippen LogP contribution in [0, 0.1) is 0 Å². The number of nitrogens with zero attached hydrogens (tertiary/aromatic N) is 1. The van der Waals surface area contributed by atoms with Crippen molar-refractivity contribution in [1.82, 2.24) is 10.2 Å². The summed E-state index contributed by atoms with van der Waals surface area (Å²) in [6, 6.07) is 15.0. The summed E-state index contributed by atoms with van der Waals surface area (Å²) in [6.45, 7) is 2.76. The average molecular weight is 411 g/mol. The van der Waals surface area contributed by atoms with E-state index in [2.05, 4.69) is 34.5 Å². The highest BCUT2D eigenvalue weighted by Gasteiger charge is 2.26. The Kier molecular flexibility index (Phi) is 6.78. The van der Waals surface area contributed by atoms with E-state index < -0.39 is 0 Å². The van der Waals surface area contributed by atoms with E-state index in [1.54, 1.807) is 18.9 Å². The molecule has 1 amide bonds. The van der Waals surface area contributed by atoms with Crippen molar-refractivity contribution in [2.75, 3.05) is 32.5 Å². The van der Waals surface area contributed by atoms with Gasteiger partial charge >= 0.3 is 0 Å². The van der Waals surface area contributed by atoms with Gasteiger partial charge in [-0.15, -0.1) is 11.8 Å². The molecule has 2 aliphatic rings. The number of carbonyl (C=O) groups excluding carboxylic acids is 1. The number of benzene rings is 2. The van der Waals surface area contributed by atoms with Crippen LogP contribution in [0.2, 0.25) is 0 Å². The number of amides is 1. The van der Waals surface area contributed by atoms with E-state index in [1.165, 1.54) is 48.1 Å². The van der Waals surface area contributed by atoms with Crippen molar-refractivity contribution >= 4 is 17.7 Å². The van der Waals surface area contributed by atoms with Crippen molar-refractivity contribution in [3.8, 4) is 5.75 Å². The molecule has 29 heavy (non-hydrogen) atoms. The van der Waals surface area contributed by atoms with Crippen LogP contribution in [0.3, 0.4) is 0 Å². The molecule has 1 atom stereocenters. The van der Waals surface area contributed by atoms with E-state index in [9.17, 15) is 4.79 Å². The lowest BCUT2D eigenvalue weighted by Crippen LogP contribution is -2.37. The summed E-state index contributed by atoms with van der Waals surface area (Å²) in [5, 5.41) is 3.18. The predicted molar refractivity (Wildman–Crippen MR) is 119 cm³/mol. The van der Waals surface area contributed by atoms with E-state index in [1.807, 2.05) is 18.2 Å². The fourth-order valence-electron chi connectivity index (χ4n) is 4.48. The van der Waals surface area contributed by atoms with E-state index in [-0.39, 0.29) is 11.9 Å². The lowest BCUT2D eigenvalue weighted by molar-refractivity contribution is -0.118. The molecule has 1 saturated heterocycles. The molecule has 2 aromatic rings. The Labute approximate surface area is 178 Å². The van der Waals surface area contributed by atoms with Crippen LogP contribution in [-0.2, 0) is 17.6 Å². The van der Waals surface area contributed by atoms with Crippen LogP contribution in [0.1, 0.15) is 42.0 Å². The lowest BCUT2D eigenvalue weighted by atomic mass is 10.0. The molecule has 154 valence electrons. The number of hydrogen-bond acceptors (Lipinski definition) is 4. The Morgan fingerprint density at radius 3 is 2.72 bits per heavy atom. The molecule has 1 aliphatic heterocycles. The molecule has 0 bridgehead atoms. The van der Waals surface area contributed by atoms with Gasteiger partial charge in [0.1, 0.15) is 5.75 Å². The number of nitrogens with one attached hydrogen (secondary N) is 1. The zero-order chi connectivity index (χ0) is 20.1. The van der Waals surface area contributed by atoms with Crippen molar-refractivity contribution in [2.45, 2.75) is 43.0 Å². The third-order valence-corrected chi connectivity index (χ3v) is 7.01. The minimum absolute atomic E-state index is 0.0922. The van der Waals surface area contributed by atoms with Gasteiger partial charge in [0, 0.05) is 17.0 Å². The van der Waals surface area contributed by atoms with Crippen LogP contribution < -0.4 is 10.1 Å². The quantitative estimate of drug-likeness (QED) is 0.662. The molecule has 0 spiro atoms. The van der Waals surface area contributed by atoms with Gasteiger partial charge in [-0.1, -0.05) is 24.3 Å². The standard InChI is InChI=1S/C24H30N2O2S/c1-28-23-10-3-2-9-21(23)22(26-13-4-5-14-26)16-25-24(27)17-29-20-12-11-18-7-6-8-19(18)15-20/h2-3,9-12,15,22H,4-8,13-14,16-17H2,1H3,(H,25,27). The molecule has 4 rings (SSSR count). The maximum atomic E-state index is 12.6. The summed E-state index contributed by atoms with van der Waals surface area (Å²) in [4.78, 5) is 16.2. The first-order valence-electron chi connectivity index (χ1n) is 10.6. The number of ether oxygens (including phenoxy) is 1. The average Bonchev–Trinajstić information content (AvgIpc) is 3.44. The third-order valence-electron chi connectivity index (χ3n) is 6.01. The molecular weight excluding hydrogens is 380 g/mol. The Morgan fingerprint density at radius 1 is 1.10 bits per heavy atom. The van der Waals surface area contributed by atoms with E-state index in [0.29, 0.717) is 12.3 Å². The fourth-order valence-corrected chi connectivity index (χ4v) is 5.27. The van der Waals surface area contributed by atoms with Gasteiger partial charge in [0.05, 0.1) is 18.9 Å². The smallest absolute Gasteiger partial charge is 0.230 e. The molecule has 1 unspecified atom stereocenters. The van der Waals surface area contributed by atoms with Gasteiger partial charge in [-0.25, -0.2) is 0 Å². The monoisotopic (exact) mass is 410 g/mol. The Morgan fingerprint density at radius 2 is 1.90 bits per heavy atom. The number of hydrogen-bond donors (Lipinski definition) is 1. The zero-order valence-electron chi connectivity index (χ0n) is 17.2. The maximum Gasteiger partial charge on any atom is 0.230 e. The number of fused-ring (bicyclic) bond motifs is 1. The molecule has 1 fully saturated rings. The van der Waals surface area contributed by atoms with Crippen LogP contribution in [0.4, 0.5) is 0 Å². The number of rotatable bonds is 8. The summed E-state index contributed by atoms with van der Waals surface area (Å²) in [5.74, 6) is 1.44. The van der Waals surface area contributed by atoms with Crippen molar-refractivity contribution < 1.29 is 9.53 Å². The molecule has 5 heteroatoms. The third kappa shape index (κ3) is 4.96. The lowest BCUT2D eigenvalue weighted by Gasteiger charge is -2.29. The fraction of sp³-hybridized carbons (Fsp3) is 0.458. The predicted octanol–water partition coefficient (Wildman–Crippen LogP) is 4.23. The number of carbonyl (C=O) groups is 1. The second kappa shape index (κ2) is 9.68. The van der Waals surface area contributed by atoms with E-state index in [4.69, 9.17) is 4.74 Å². The summed E-state index contributed by atoms with van der Waals surface area (Å²) >= 11 is 1.63. The summed E-state index contributed by atoms with van der Waals surface area (Å²) in [6.07, 6.45) is 6.06. The topological polar surface area (TPSA) is 41.6 Å². The van der Waals surface area contributed by atoms with Crippen molar-refractivity contribution in [3.63, 3.8) is 0 Å².